The third-order valence-corrected chi connectivity index (χ3v) is 1.56. The van der Waals surface area contributed by atoms with Crippen molar-refractivity contribution in [3.8, 4) is 0 Å². The first-order valence-electron chi connectivity index (χ1n) is 3.13. The molecule has 0 radical (unpaired) electrons. The molecule has 1 atom stereocenters. The van der Waals surface area contributed by atoms with Crippen molar-refractivity contribution in [2.75, 3.05) is 6.54 Å². The van der Waals surface area contributed by atoms with Crippen molar-refractivity contribution in [1.82, 2.24) is 5.32 Å². The second-order valence-electron chi connectivity index (χ2n) is 2.35. The van der Waals surface area contributed by atoms with Crippen molar-refractivity contribution in [3.63, 3.8) is 0 Å². The van der Waals surface area contributed by atoms with E-state index in [4.69, 9.17) is 0 Å². The fourth-order valence-electron chi connectivity index (χ4n) is 1.03. The van der Waals surface area contributed by atoms with Crippen molar-refractivity contribution < 1.29 is 6.90 Å². The molecule has 0 amide bonds. The summed E-state index contributed by atoms with van der Waals surface area (Å²) in [4.78, 5) is 0. The average molecular weight is 119 g/mol. The van der Waals surface area contributed by atoms with Crippen molar-refractivity contribution >= 4 is 0 Å². The van der Waals surface area contributed by atoms with Gasteiger partial charge < -0.3 is 10.8 Å². The number of hydrogen-bond donors (Lipinski definition) is 1. The van der Waals surface area contributed by atoms with Crippen molar-refractivity contribution in [2.45, 2.75) is 32.2 Å². The van der Waals surface area contributed by atoms with Crippen molar-refractivity contribution in [2.24, 2.45) is 0 Å². The van der Waals surface area contributed by atoms with Gasteiger partial charge in [0.25, 0.3) is 0 Å². The van der Waals surface area contributed by atoms with Gasteiger partial charge in [-0.1, -0.05) is 6.42 Å². The molecule has 2 nitrogen and oxygen atoms in total. The van der Waals surface area contributed by atoms with E-state index in [0.717, 1.165) is 6.04 Å². The van der Waals surface area contributed by atoms with Gasteiger partial charge in [-0.3, -0.25) is 0 Å². The topological polar surface area (TPSA) is 43.5 Å². The van der Waals surface area contributed by atoms with Gasteiger partial charge in [-0.25, -0.2) is 0 Å². The van der Waals surface area contributed by atoms with Crippen LogP contribution in [-0.2, 0) is 0 Å². The Balaban J connectivity index is 0. The minimum absolute atomic E-state index is 0. The van der Waals surface area contributed by atoms with Crippen LogP contribution in [0.15, 0.2) is 0 Å². The molecule has 0 aromatic rings. The summed E-state index contributed by atoms with van der Waals surface area (Å²) in [6.45, 7) is 3.49. The molecule has 8 heavy (non-hydrogen) atoms. The maximum Gasteiger partial charge on any atom is 0.00387 e. The molecule has 0 bridgehead atoms. The van der Waals surface area contributed by atoms with E-state index >= 15 is 0 Å². The van der Waals surface area contributed by atoms with E-state index in [1.165, 1.54) is 25.8 Å². The van der Waals surface area contributed by atoms with Crippen LogP contribution in [0.5, 0.6) is 0 Å². The largest absolute Gasteiger partial charge is 0.412 e. The van der Waals surface area contributed by atoms with Gasteiger partial charge in [0.05, 0.1) is 0 Å². The normalized spacial score (nSPS) is 28.9. The van der Waals surface area contributed by atoms with Gasteiger partial charge in [-0.15, -0.1) is 0 Å². The zero-order chi connectivity index (χ0) is 5.11. The molecule has 0 aliphatic carbocycles. The Morgan fingerprint density at radius 2 is 2.25 bits per heavy atom. The molecular weight excluding hydrogens is 102 g/mol. The second kappa shape index (κ2) is 3.87. The number of rotatable bonds is 0. The van der Waals surface area contributed by atoms with Crippen molar-refractivity contribution in [3.05, 3.63) is 0 Å². The third-order valence-electron chi connectivity index (χ3n) is 1.56. The van der Waals surface area contributed by atoms with E-state index in [0.29, 0.717) is 0 Å². The molecule has 1 saturated heterocycles. The van der Waals surface area contributed by atoms with Gasteiger partial charge in [-0.2, -0.15) is 0 Å². The molecule has 0 aromatic heterocycles. The Morgan fingerprint density at radius 3 is 2.50 bits per heavy atom. The molecule has 52 valence electrons. The van der Waals surface area contributed by atoms with Crippen LogP contribution in [0, 0.1) is 0 Å². The fourth-order valence-corrected chi connectivity index (χ4v) is 1.03. The molecule has 1 rings (SSSR count). The van der Waals surface area contributed by atoms with Crippen LogP contribution in [-0.4, -0.2) is 18.1 Å². The Bertz CT molecular complexity index is 55.0. The zero-order valence-corrected chi connectivity index (χ0v) is 5.41. The Hall–Kier alpha value is -0.0800. The van der Waals surface area contributed by atoms with Gasteiger partial charge in [-0.05, 0) is 26.3 Å². The van der Waals surface area contributed by atoms with E-state index in [1.807, 2.05) is 0 Å². The standard InChI is InChI=1S/C6H13N.H2O.H2/c1-6-4-2-3-5-7-6;;/h6-7H,2-5H2,1H3;1H2;1H/t6-;;/m1../s1. The Labute approximate surface area is 52.1 Å². The van der Waals surface area contributed by atoms with E-state index < -0.39 is 0 Å². The third kappa shape index (κ3) is 2.28. The predicted octanol–water partition coefficient (Wildman–Crippen LogP) is 0.570. The van der Waals surface area contributed by atoms with Gasteiger partial charge in [0.15, 0.2) is 0 Å². The molecule has 3 N–H and O–H groups in total. The van der Waals surface area contributed by atoms with Crippen LogP contribution in [0.4, 0.5) is 0 Å². The minimum atomic E-state index is 0. The molecular formula is C6H17NO. The van der Waals surface area contributed by atoms with Crippen LogP contribution in [0.1, 0.15) is 27.6 Å². The van der Waals surface area contributed by atoms with Gasteiger partial charge >= 0.3 is 0 Å². The number of nitrogens with one attached hydrogen (secondary N) is 1. The lowest BCUT2D eigenvalue weighted by Gasteiger charge is -2.18. The highest BCUT2D eigenvalue weighted by molar-refractivity contribution is 4.65. The SMILES string of the molecule is C[C@@H]1CCCCN1.O.[HH]. The lowest BCUT2D eigenvalue weighted by Crippen LogP contribution is -2.30. The van der Waals surface area contributed by atoms with Crippen LogP contribution >= 0.6 is 0 Å². The lowest BCUT2D eigenvalue weighted by atomic mass is 10.1. The van der Waals surface area contributed by atoms with Crippen LogP contribution in [0.25, 0.3) is 0 Å². The highest BCUT2D eigenvalue weighted by Crippen LogP contribution is 2.04. The molecule has 0 unspecified atom stereocenters. The average Bonchev–Trinajstić information content (AvgIpc) is 1.69. The van der Waals surface area contributed by atoms with E-state index in [-0.39, 0.29) is 6.90 Å². The lowest BCUT2D eigenvalue weighted by molar-refractivity contribution is 0.425. The summed E-state index contributed by atoms with van der Waals surface area (Å²) >= 11 is 0. The molecule has 0 spiro atoms. The highest BCUT2D eigenvalue weighted by atomic mass is 16.0. The van der Waals surface area contributed by atoms with Crippen molar-refractivity contribution in [1.29, 1.82) is 0 Å². The van der Waals surface area contributed by atoms with Gasteiger partial charge in [0.1, 0.15) is 0 Å². The van der Waals surface area contributed by atoms with E-state index in [1.54, 1.807) is 0 Å². The quantitative estimate of drug-likeness (QED) is 0.497. The van der Waals surface area contributed by atoms with E-state index in [9.17, 15) is 0 Å². The monoisotopic (exact) mass is 119 g/mol. The molecule has 1 fully saturated rings. The summed E-state index contributed by atoms with van der Waals surface area (Å²) in [6, 6.07) is 0.786. The molecule has 1 heterocycles. The number of hydrogen-bond acceptors (Lipinski definition) is 1. The molecule has 1 aliphatic heterocycles. The van der Waals surface area contributed by atoms with Crippen LogP contribution in [0.2, 0.25) is 0 Å². The summed E-state index contributed by atoms with van der Waals surface area (Å²) < 4.78 is 0. The minimum Gasteiger partial charge on any atom is -0.412 e. The Kier molecular flexibility index (Phi) is 3.83. The second-order valence-corrected chi connectivity index (χ2v) is 2.35. The first-order chi connectivity index (χ1) is 3.39. The summed E-state index contributed by atoms with van der Waals surface area (Å²) in [5.41, 5.74) is 0. The molecule has 2 heteroatoms. The fraction of sp³-hybridized carbons (Fsp3) is 1.00. The van der Waals surface area contributed by atoms with E-state index in [2.05, 4.69) is 12.2 Å². The summed E-state index contributed by atoms with van der Waals surface area (Å²) in [7, 11) is 0. The van der Waals surface area contributed by atoms with Crippen LogP contribution < -0.4 is 5.32 Å². The first kappa shape index (κ1) is 7.92. The molecule has 0 aromatic carbocycles. The number of piperidine rings is 1. The predicted molar refractivity (Wildman–Crippen MR) is 37.0 cm³/mol. The smallest absolute Gasteiger partial charge is 0.00387 e. The zero-order valence-electron chi connectivity index (χ0n) is 5.41. The maximum atomic E-state index is 3.38. The highest BCUT2D eigenvalue weighted by Gasteiger charge is 2.04. The maximum absolute atomic E-state index is 3.38. The summed E-state index contributed by atoms with van der Waals surface area (Å²) in [5, 5.41) is 3.38. The summed E-state index contributed by atoms with van der Waals surface area (Å²) in [5.74, 6) is 0. The Morgan fingerprint density at radius 1 is 1.50 bits per heavy atom. The van der Waals surface area contributed by atoms with Crippen LogP contribution in [0.3, 0.4) is 0 Å². The van der Waals surface area contributed by atoms with Gasteiger partial charge in [0, 0.05) is 7.47 Å². The summed E-state index contributed by atoms with van der Waals surface area (Å²) in [6.07, 6.45) is 4.18. The molecule has 0 saturated carbocycles. The molecule has 1 aliphatic rings. The first-order valence-corrected chi connectivity index (χ1v) is 3.13. The van der Waals surface area contributed by atoms with Gasteiger partial charge in [0.2, 0.25) is 0 Å².